The van der Waals surface area contributed by atoms with Crippen LogP contribution in [0.2, 0.25) is 0 Å². The fourth-order valence-corrected chi connectivity index (χ4v) is 3.41. The van der Waals surface area contributed by atoms with Crippen molar-refractivity contribution in [2.24, 2.45) is 11.7 Å². The highest BCUT2D eigenvalue weighted by molar-refractivity contribution is 9.10. The zero-order valence-corrected chi connectivity index (χ0v) is 12.6. The van der Waals surface area contributed by atoms with Gasteiger partial charge in [-0.1, -0.05) is 6.92 Å². The highest BCUT2D eigenvalue weighted by Gasteiger charge is 2.20. The van der Waals surface area contributed by atoms with Crippen molar-refractivity contribution < 1.29 is 0 Å². The van der Waals surface area contributed by atoms with Gasteiger partial charge in [-0.05, 0) is 35.5 Å². The third-order valence-electron chi connectivity index (χ3n) is 2.72. The van der Waals surface area contributed by atoms with E-state index in [0.29, 0.717) is 6.54 Å². The maximum Gasteiger partial charge on any atom is 0.0666 e. The van der Waals surface area contributed by atoms with Crippen molar-refractivity contribution in [3.8, 4) is 6.07 Å². The van der Waals surface area contributed by atoms with Crippen LogP contribution in [0.25, 0.3) is 0 Å². The largest absolute Gasteiger partial charge is 0.329 e. The fourth-order valence-electron chi connectivity index (χ4n) is 1.82. The van der Waals surface area contributed by atoms with Crippen LogP contribution in [0.5, 0.6) is 0 Å². The molecule has 2 atom stereocenters. The lowest BCUT2D eigenvalue weighted by atomic mass is 10.1. The van der Waals surface area contributed by atoms with Crippen molar-refractivity contribution in [3.63, 3.8) is 0 Å². The zero-order chi connectivity index (χ0) is 12.8. The molecule has 0 radical (unpaired) electrons. The van der Waals surface area contributed by atoms with Crippen LogP contribution in [0, 0.1) is 17.2 Å². The van der Waals surface area contributed by atoms with E-state index >= 15 is 0 Å². The van der Waals surface area contributed by atoms with Crippen molar-refractivity contribution in [1.82, 2.24) is 4.90 Å². The molecule has 0 saturated carbocycles. The Morgan fingerprint density at radius 1 is 1.65 bits per heavy atom. The number of thiophene rings is 1. The third kappa shape index (κ3) is 4.07. The molecule has 3 nitrogen and oxygen atoms in total. The summed E-state index contributed by atoms with van der Waals surface area (Å²) in [5, 5.41) is 11.0. The molecule has 0 spiro atoms. The van der Waals surface area contributed by atoms with Gasteiger partial charge >= 0.3 is 0 Å². The molecule has 1 heterocycles. The standard InChI is InChI=1S/C12H18BrN3S/c1-3-16(7-9(2)5-14)11(6-15)12-4-10(13)8-17-12/h4,8-9,11H,3,6-7,15H2,1-2H3. The van der Waals surface area contributed by atoms with Crippen LogP contribution in [0.4, 0.5) is 0 Å². The summed E-state index contributed by atoms with van der Waals surface area (Å²) in [7, 11) is 0. The summed E-state index contributed by atoms with van der Waals surface area (Å²) in [5.74, 6) is 0.0346. The van der Waals surface area contributed by atoms with E-state index in [-0.39, 0.29) is 12.0 Å². The Morgan fingerprint density at radius 3 is 2.76 bits per heavy atom. The molecular weight excluding hydrogens is 298 g/mol. The number of hydrogen-bond donors (Lipinski definition) is 1. The summed E-state index contributed by atoms with van der Waals surface area (Å²) in [6.45, 7) is 6.31. The minimum atomic E-state index is 0.0346. The number of likely N-dealkylation sites (N-methyl/N-ethyl adjacent to an activating group) is 1. The Balaban J connectivity index is 2.80. The van der Waals surface area contributed by atoms with E-state index in [1.807, 2.05) is 6.92 Å². The molecule has 0 bridgehead atoms. The van der Waals surface area contributed by atoms with Crippen molar-refractivity contribution in [2.45, 2.75) is 19.9 Å². The maximum absolute atomic E-state index is 8.90. The number of halogens is 1. The first-order valence-corrected chi connectivity index (χ1v) is 7.37. The molecule has 0 aromatic carbocycles. The SMILES string of the molecule is CCN(CC(C)C#N)C(CN)c1cc(Br)cs1. The molecule has 5 heteroatoms. The molecule has 0 fully saturated rings. The average molecular weight is 316 g/mol. The molecule has 1 aromatic rings. The van der Waals surface area contributed by atoms with Crippen molar-refractivity contribution in [3.05, 3.63) is 20.8 Å². The lowest BCUT2D eigenvalue weighted by Crippen LogP contribution is -2.36. The van der Waals surface area contributed by atoms with Gasteiger partial charge in [-0.25, -0.2) is 0 Å². The first kappa shape index (κ1) is 14.7. The van der Waals surface area contributed by atoms with Crippen molar-refractivity contribution in [2.75, 3.05) is 19.6 Å². The number of nitrogens with zero attached hydrogens (tertiary/aromatic N) is 2. The van der Waals surface area contributed by atoms with Gasteiger partial charge in [0.2, 0.25) is 0 Å². The third-order valence-corrected chi connectivity index (χ3v) is 4.51. The van der Waals surface area contributed by atoms with Crippen LogP contribution in [-0.2, 0) is 0 Å². The molecule has 0 saturated heterocycles. The summed E-state index contributed by atoms with van der Waals surface area (Å²) in [6, 6.07) is 4.60. The highest BCUT2D eigenvalue weighted by atomic mass is 79.9. The fraction of sp³-hybridized carbons (Fsp3) is 0.583. The van der Waals surface area contributed by atoms with Crippen molar-refractivity contribution >= 4 is 27.3 Å². The zero-order valence-electron chi connectivity index (χ0n) is 10.2. The number of nitrogens with two attached hydrogens (primary N) is 1. The molecule has 94 valence electrons. The van der Waals surface area contributed by atoms with Gasteiger partial charge in [0.05, 0.1) is 18.0 Å². The second-order valence-electron chi connectivity index (χ2n) is 4.04. The first-order valence-electron chi connectivity index (χ1n) is 5.70. The van der Waals surface area contributed by atoms with Gasteiger partial charge in [0.1, 0.15) is 0 Å². The van der Waals surface area contributed by atoms with E-state index in [4.69, 9.17) is 11.0 Å². The average Bonchev–Trinajstić information content (AvgIpc) is 2.75. The van der Waals surface area contributed by atoms with Crippen LogP contribution in [0.3, 0.4) is 0 Å². The summed E-state index contributed by atoms with van der Waals surface area (Å²) >= 11 is 5.17. The molecule has 0 aliphatic heterocycles. The lowest BCUT2D eigenvalue weighted by molar-refractivity contribution is 0.200. The quantitative estimate of drug-likeness (QED) is 0.878. The summed E-state index contributed by atoms with van der Waals surface area (Å²) in [6.07, 6.45) is 0. The summed E-state index contributed by atoms with van der Waals surface area (Å²) in [4.78, 5) is 3.53. The Labute approximate surface area is 115 Å². The molecular formula is C12H18BrN3S. The van der Waals surface area contributed by atoms with Crippen LogP contribution in [0.1, 0.15) is 24.8 Å². The molecule has 2 N–H and O–H groups in total. The topological polar surface area (TPSA) is 53.0 Å². The van der Waals surface area contributed by atoms with Crippen LogP contribution in [0.15, 0.2) is 15.9 Å². The van der Waals surface area contributed by atoms with Gasteiger partial charge in [0.25, 0.3) is 0 Å². The molecule has 0 aliphatic carbocycles. The van der Waals surface area contributed by atoms with E-state index in [9.17, 15) is 0 Å². The van der Waals surface area contributed by atoms with Crippen molar-refractivity contribution in [1.29, 1.82) is 5.26 Å². The van der Waals surface area contributed by atoms with E-state index in [1.54, 1.807) is 11.3 Å². The van der Waals surface area contributed by atoms with Crippen LogP contribution < -0.4 is 5.73 Å². The summed E-state index contributed by atoms with van der Waals surface area (Å²) < 4.78 is 1.10. The second-order valence-corrected chi connectivity index (χ2v) is 5.89. The first-order chi connectivity index (χ1) is 8.12. The lowest BCUT2D eigenvalue weighted by Gasteiger charge is -2.29. The normalized spacial score (nSPS) is 14.6. The Morgan fingerprint density at radius 2 is 2.35 bits per heavy atom. The van der Waals surface area contributed by atoms with Gasteiger partial charge in [0, 0.05) is 27.8 Å². The minimum absolute atomic E-state index is 0.0346. The number of nitriles is 1. The molecule has 1 aromatic heterocycles. The molecule has 1 rings (SSSR count). The van der Waals surface area contributed by atoms with Gasteiger partial charge in [0.15, 0.2) is 0 Å². The Hall–Kier alpha value is -0.410. The molecule has 17 heavy (non-hydrogen) atoms. The van der Waals surface area contributed by atoms with Crippen LogP contribution >= 0.6 is 27.3 Å². The van der Waals surface area contributed by atoms with Gasteiger partial charge in [-0.3, -0.25) is 4.90 Å². The molecule has 0 aliphatic rings. The van der Waals surface area contributed by atoms with Gasteiger partial charge in [-0.2, -0.15) is 5.26 Å². The van der Waals surface area contributed by atoms with Gasteiger partial charge < -0.3 is 5.73 Å². The summed E-state index contributed by atoms with van der Waals surface area (Å²) in [5.41, 5.74) is 5.87. The minimum Gasteiger partial charge on any atom is -0.329 e. The number of hydrogen-bond acceptors (Lipinski definition) is 4. The monoisotopic (exact) mass is 315 g/mol. The predicted molar refractivity (Wildman–Crippen MR) is 75.8 cm³/mol. The van der Waals surface area contributed by atoms with Gasteiger partial charge in [-0.15, -0.1) is 11.3 Å². The van der Waals surface area contributed by atoms with E-state index < -0.39 is 0 Å². The highest BCUT2D eigenvalue weighted by Crippen LogP contribution is 2.29. The smallest absolute Gasteiger partial charge is 0.0666 e. The maximum atomic E-state index is 8.90. The van der Waals surface area contributed by atoms with E-state index in [2.05, 4.69) is 45.3 Å². The Kier molecular flexibility index (Phi) is 6.14. The van der Waals surface area contributed by atoms with E-state index in [0.717, 1.165) is 17.6 Å². The van der Waals surface area contributed by atoms with Crippen LogP contribution in [-0.4, -0.2) is 24.5 Å². The predicted octanol–water partition coefficient (Wildman–Crippen LogP) is 2.99. The van der Waals surface area contributed by atoms with E-state index in [1.165, 1.54) is 4.88 Å². The molecule has 0 amide bonds. The Bertz CT molecular complexity index is 385. The molecule has 2 unspecified atom stereocenters. The second kappa shape index (κ2) is 7.12. The number of rotatable bonds is 6.